The Labute approximate surface area is 145 Å². The second-order valence-corrected chi connectivity index (χ2v) is 7.63. The van der Waals surface area contributed by atoms with Gasteiger partial charge in [0.25, 0.3) is 0 Å². The molecule has 6 nitrogen and oxygen atoms in total. The average Bonchev–Trinajstić information content (AvgIpc) is 2.94. The molecule has 0 spiro atoms. The van der Waals surface area contributed by atoms with Gasteiger partial charge in [-0.25, -0.2) is 0 Å². The summed E-state index contributed by atoms with van der Waals surface area (Å²) in [5, 5.41) is -0.109. The number of rotatable bonds is 2. The Kier molecular flexibility index (Phi) is 3.73. The second kappa shape index (κ2) is 5.78. The Bertz CT molecular complexity index is 887. The van der Waals surface area contributed by atoms with Gasteiger partial charge in [-0.1, -0.05) is 41.3 Å². The molecule has 2 aliphatic rings. The van der Waals surface area contributed by atoms with Crippen molar-refractivity contribution in [2.45, 2.75) is 23.1 Å². The van der Waals surface area contributed by atoms with Gasteiger partial charge in [0, 0.05) is 16.4 Å². The molecule has 0 saturated carbocycles. The first-order valence-electron chi connectivity index (χ1n) is 7.47. The van der Waals surface area contributed by atoms with Crippen LogP contribution in [0, 0.1) is 5.92 Å². The highest BCUT2D eigenvalue weighted by Gasteiger charge is 2.52. The van der Waals surface area contributed by atoms with Gasteiger partial charge in [-0.05, 0) is 13.0 Å². The molecule has 8 heteroatoms. The van der Waals surface area contributed by atoms with Gasteiger partial charge in [0.15, 0.2) is 0 Å². The summed E-state index contributed by atoms with van der Waals surface area (Å²) < 4.78 is 10.6. The summed E-state index contributed by atoms with van der Waals surface area (Å²) >= 11 is 2.25. The molecule has 1 N–H and O–H groups in total. The van der Waals surface area contributed by atoms with E-state index in [1.165, 1.54) is 11.8 Å². The number of nitrogens with one attached hydrogen (secondary N) is 1. The lowest BCUT2D eigenvalue weighted by molar-refractivity contribution is -0.150. The fourth-order valence-corrected chi connectivity index (χ4v) is 5.64. The van der Waals surface area contributed by atoms with Crippen molar-refractivity contribution in [1.82, 2.24) is 4.98 Å². The summed E-state index contributed by atoms with van der Waals surface area (Å²) in [5.74, 6) is -1.53. The fourth-order valence-electron chi connectivity index (χ4n) is 3.18. The summed E-state index contributed by atoms with van der Waals surface area (Å²) in [5.41, 5.74) is 0.813. The monoisotopic (exact) mass is 363 g/mol. The van der Waals surface area contributed by atoms with E-state index in [4.69, 9.17) is 9.47 Å². The molecular weight excluding hydrogens is 350 g/mol. The number of esters is 2. The van der Waals surface area contributed by atoms with Gasteiger partial charge in [-0.2, -0.15) is 0 Å². The lowest BCUT2D eigenvalue weighted by atomic mass is 9.80. The molecule has 4 rings (SSSR count). The quantitative estimate of drug-likeness (QED) is 0.650. The van der Waals surface area contributed by atoms with Crippen LogP contribution in [0.15, 0.2) is 34.1 Å². The van der Waals surface area contributed by atoms with Gasteiger partial charge >= 0.3 is 16.8 Å². The highest BCUT2D eigenvalue weighted by atomic mass is 32.2. The minimum atomic E-state index is -0.742. The zero-order valence-electron chi connectivity index (χ0n) is 12.6. The number of para-hydroxylation sites is 1. The molecule has 124 valence electrons. The zero-order chi connectivity index (χ0) is 16.8. The van der Waals surface area contributed by atoms with Crippen LogP contribution >= 0.6 is 23.1 Å². The van der Waals surface area contributed by atoms with Crippen LogP contribution in [0.4, 0.5) is 0 Å². The number of ether oxygens (including phenoxy) is 2. The van der Waals surface area contributed by atoms with Crippen LogP contribution in [0.25, 0.3) is 0 Å². The molecule has 0 bridgehead atoms. The van der Waals surface area contributed by atoms with Crippen molar-refractivity contribution >= 4 is 35.0 Å². The number of thiazole rings is 1. The molecule has 1 aromatic carbocycles. The largest absolute Gasteiger partial charge is 0.465 e. The van der Waals surface area contributed by atoms with Crippen molar-refractivity contribution in [2.75, 3.05) is 6.61 Å². The van der Waals surface area contributed by atoms with E-state index in [9.17, 15) is 14.4 Å². The number of carbonyl (C=O) groups excluding carboxylic acids is 2. The van der Waals surface area contributed by atoms with Crippen LogP contribution in [-0.4, -0.2) is 28.8 Å². The van der Waals surface area contributed by atoms with Crippen molar-refractivity contribution in [3.05, 3.63) is 44.4 Å². The molecule has 0 unspecified atom stereocenters. The van der Waals surface area contributed by atoms with Gasteiger partial charge < -0.3 is 14.5 Å². The minimum absolute atomic E-state index is 0.202. The third-order valence-corrected chi connectivity index (χ3v) is 6.50. The predicted molar refractivity (Wildman–Crippen MR) is 88.6 cm³/mol. The molecule has 0 fully saturated rings. The SMILES string of the molecule is CCOC(=O)[C@@H]1Sc2[nH]c(=O)sc2[C@@H]2c3ccccc3OC(=O)[C@@H]21. The Balaban J connectivity index is 1.90. The number of benzene rings is 1. The van der Waals surface area contributed by atoms with Gasteiger partial charge in [0.05, 0.1) is 17.6 Å². The maximum absolute atomic E-state index is 12.6. The maximum Gasteiger partial charge on any atom is 0.320 e. The number of hydrogen-bond acceptors (Lipinski definition) is 7. The second-order valence-electron chi connectivity index (χ2n) is 5.46. The third kappa shape index (κ3) is 2.29. The van der Waals surface area contributed by atoms with Gasteiger partial charge in [-0.3, -0.25) is 14.4 Å². The van der Waals surface area contributed by atoms with Crippen LogP contribution in [0.1, 0.15) is 23.3 Å². The van der Waals surface area contributed by atoms with Crippen molar-refractivity contribution in [3.8, 4) is 5.75 Å². The van der Waals surface area contributed by atoms with E-state index in [0.29, 0.717) is 10.8 Å². The summed E-state index contributed by atoms with van der Waals surface area (Å²) in [6, 6.07) is 7.23. The molecule has 3 atom stereocenters. The van der Waals surface area contributed by atoms with Crippen LogP contribution < -0.4 is 9.61 Å². The van der Waals surface area contributed by atoms with E-state index in [-0.39, 0.29) is 17.4 Å². The molecule has 0 radical (unpaired) electrons. The van der Waals surface area contributed by atoms with Gasteiger partial charge in [0.1, 0.15) is 11.0 Å². The lowest BCUT2D eigenvalue weighted by Crippen LogP contribution is -2.44. The number of aromatic amines is 1. The van der Waals surface area contributed by atoms with E-state index in [1.54, 1.807) is 19.1 Å². The first-order chi connectivity index (χ1) is 11.6. The van der Waals surface area contributed by atoms with E-state index < -0.39 is 23.1 Å². The molecular formula is C16H13NO5S2. The van der Waals surface area contributed by atoms with E-state index in [1.807, 2.05) is 12.1 Å². The molecule has 2 aliphatic heterocycles. The number of fused-ring (bicyclic) bond motifs is 5. The predicted octanol–water partition coefficient (Wildman–Crippen LogP) is 2.14. The van der Waals surface area contributed by atoms with Gasteiger partial charge in [-0.15, -0.1) is 0 Å². The molecule has 0 saturated heterocycles. The van der Waals surface area contributed by atoms with Crippen molar-refractivity contribution in [1.29, 1.82) is 0 Å². The van der Waals surface area contributed by atoms with Crippen molar-refractivity contribution in [3.63, 3.8) is 0 Å². The highest BCUT2D eigenvalue weighted by molar-refractivity contribution is 8.00. The summed E-state index contributed by atoms with van der Waals surface area (Å²) in [6.45, 7) is 1.95. The Hall–Kier alpha value is -2.06. The average molecular weight is 363 g/mol. The van der Waals surface area contributed by atoms with Crippen LogP contribution in [0.2, 0.25) is 0 Å². The Morgan fingerprint density at radius 3 is 2.92 bits per heavy atom. The fraction of sp³-hybridized carbons (Fsp3) is 0.312. The van der Waals surface area contributed by atoms with E-state index >= 15 is 0 Å². The number of carbonyl (C=O) groups is 2. The first kappa shape index (κ1) is 15.5. The van der Waals surface area contributed by atoms with Crippen LogP contribution in [0.3, 0.4) is 0 Å². The minimum Gasteiger partial charge on any atom is -0.465 e. The Morgan fingerprint density at radius 2 is 2.12 bits per heavy atom. The zero-order valence-corrected chi connectivity index (χ0v) is 14.2. The molecule has 0 aliphatic carbocycles. The normalized spacial score (nSPS) is 24.4. The first-order valence-corrected chi connectivity index (χ1v) is 9.16. The highest BCUT2D eigenvalue weighted by Crippen LogP contribution is 2.53. The van der Waals surface area contributed by atoms with E-state index in [2.05, 4.69) is 4.98 Å². The van der Waals surface area contributed by atoms with Gasteiger partial charge in [0.2, 0.25) is 0 Å². The number of H-pyrrole nitrogens is 1. The summed E-state index contributed by atoms with van der Waals surface area (Å²) in [7, 11) is 0. The number of aromatic nitrogens is 1. The topological polar surface area (TPSA) is 85.5 Å². The molecule has 1 aromatic heterocycles. The number of thioether (sulfide) groups is 1. The van der Waals surface area contributed by atoms with Crippen molar-refractivity contribution in [2.24, 2.45) is 5.92 Å². The van der Waals surface area contributed by atoms with Crippen LogP contribution in [-0.2, 0) is 14.3 Å². The number of hydrogen-bond donors (Lipinski definition) is 1. The van der Waals surface area contributed by atoms with E-state index in [0.717, 1.165) is 21.8 Å². The lowest BCUT2D eigenvalue weighted by Gasteiger charge is -2.37. The smallest absolute Gasteiger partial charge is 0.320 e. The molecule has 2 aromatic rings. The standard InChI is InChI=1S/C16H13NO5S2/c1-2-21-15(19)12-10-9(11-13(23-12)17-16(20)24-11)7-5-3-4-6-8(7)22-14(10)18/h3-6,9-10,12H,2H2,1H3,(H,17,20)/t9-,10+,12-/m1/s1. The molecule has 3 heterocycles. The maximum atomic E-state index is 12.6. The molecule has 24 heavy (non-hydrogen) atoms. The summed E-state index contributed by atoms with van der Waals surface area (Å²) in [6.07, 6.45) is 0. The van der Waals surface area contributed by atoms with Crippen LogP contribution in [0.5, 0.6) is 5.75 Å². The summed E-state index contributed by atoms with van der Waals surface area (Å²) in [4.78, 5) is 40.2. The Morgan fingerprint density at radius 1 is 1.33 bits per heavy atom. The van der Waals surface area contributed by atoms with Crippen molar-refractivity contribution < 1.29 is 19.1 Å². The molecule has 0 amide bonds. The third-order valence-electron chi connectivity index (χ3n) is 4.11.